The van der Waals surface area contributed by atoms with Crippen LogP contribution in [0.3, 0.4) is 0 Å². The van der Waals surface area contributed by atoms with Gasteiger partial charge in [-0.25, -0.2) is 8.78 Å². The van der Waals surface area contributed by atoms with Gasteiger partial charge in [0.15, 0.2) is 0 Å². The predicted molar refractivity (Wildman–Crippen MR) is 64.1 cm³/mol. The van der Waals surface area contributed by atoms with Gasteiger partial charge in [-0.2, -0.15) is 0 Å². The van der Waals surface area contributed by atoms with Crippen LogP contribution in [-0.4, -0.2) is 5.11 Å². The van der Waals surface area contributed by atoms with Crippen molar-refractivity contribution in [2.24, 2.45) is 0 Å². The Hall–Kier alpha value is -1.74. The maximum absolute atomic E-state index is 13.3. The SMILES string of the molecule is OC1(c2cccc(F)c2)CCc2cc(F)ccc21. The van der Waals surface area contributed by atoms with Crippen LogP contribution in [0, 0.1) is 11.6 Å². The highest BCUT2D eigenvalue weighted by molar-refractivity contribution is 5.45. The van der Waals surface area contributed by atoms with Crippen LogP contribution in [0.4, 0.5) is 8.78 Å². The van der Waals surface area contributed by atoms with Crippen molar-refractivity contribution in [3.63, 3.8) is 0 Å². The fraction of sp³-hybridized carbons (Fsp3) is 0.200. The molecule has 1 nitrogen and oxygen atoms in total. The number of aryl methyl sites for hydroxylation is 1. The van der Waals surface area contributed by atoms with Crippen LogP contribution in [0.1, 0.15) is 23.1 Å². The zero-order valence-corrected chi connectivity index (χ0v) is 9.66. The standard InChI is InChI=1S/C15H12F2O/c16-12-3-1-2-11(9-12)15(18)7-6-10-8-13(17)4-5-14(10)15/h1-5,8-9,18H,6-7H2. The highest BCUT2D eigenvalue weighted by Gasteiger charge is 2.38. The van der Waals surface area contributed by atoms with Crippen molar-refractivity contribution in [1.29, 1.82) is 0 Å². The lowest BCUT2D eigenvalue weighted by atomic mass is 9.88. The molecule has 2 aromatic carbocycles. The normalized spacial score (nSPS) is 21.9. The summed E-state index contributed by atoms with van der Waals surface area (Å²) in [7, 11) is 0. The van der Waals surface area contributed by atoms with E-state index < -0.39 is 5.60 Å². The van der Waals surface area contributed by atoms with Crippen molar-refractivity contribution >= 4 is 0 Å². The summed E-state index contributed by atoms with van der Waals surface area (Å²) in [6, 6.07) is 10.3. The minimum atomic E-state index is -1.20. The summed E-state index contributed by atoms with van der Waals surface area (Å²) in [5.74, 6) is -0.686. The van der Waals surface area contributed by atoms with Gasteiger partial charge in [0.1, 0.15) is 17.2 Å². The quantitative estimate of drug-likeness (QED) is 0.819. The molecule has 1 aliphatic carbocycles. The van der Waals surface area contributed by atoms with Gasteiger partial charge >= 0.3 is 0 Å². The molecule has 92 valence electrons. The van der Waals surface area contributed by atoms with Gasteiger partial charge in [-0.05, 0) is 53.8 Å². The van der Waals surface area contributed by atoms with E-state index in [-0.39, 0.29) is 11.6 Å². The first kappa shape index (κ1) is 11.4. The van der Waals surface area contributed by atoms with E-state index in [1.807, 2.05) is 0 Å². The Balaban J connectivity index is 2.14. The molecule has 3 rings (SSSR count). The minimum absolute atomic E-state index is 0.308. The van der Waals surface area contributed by atoms with Crippen LogP contribution in [-0.2, 0) is 12.0 Å². The van der Waals surface area contributed by atoms with E-state index in [1.165, 1.54) is 24.3 Å². The number of hydrogen-bond acceptors (Lipinski definition) is 1. The van der Waals surface area contributed by atoms with Crippen molar-refractivity contribution in [2.45, 2.75) is 18.4 Å². The van der Waals surface area contributed by atoms with Crippen molar-refractivity contribution in [3.8, 4) is 0 Å². The Kier molecular flexibility index (Phi) is 2.45. The topological polar surface area (TPSA) is 20.2 Å². The van der Waals surface area contributed by atoms with Gasteiger partial charge in [0, 0.05) is 0 Å². The maximum Gasteiger partial charge on any atom is 0.123 e. The lowest BCUT2D eigenvalue weighted by Crippen LogP contribution is -2.23. The largest absolute Gasteiger partial charge is 0.380 e. The zero-order valence-electron chi connectivity index (χ0n) is 9.66. The molecule has 1 N–H and O–H groups in total. The Morgan fingerprint density at radius 2 is 1.78 bits per heavy atom. The second kappa shape index (κ2) is 3.89. The molecule has 0 aromatic heterocycles. The third-order valence-electron chi connectivity index (χ3n) is 3.57. The molecule has 18 heavy (non-hydrogen) atoms. The van der Waals surface area contributed by atoms with Gasteiger partial charge in [-0.1, -0.05) is 18.2 Å². The van der Waals surface area contributed by atoms with Crippen LogP contribution < -0.4 is 0 Å². The Bertz CT molecular complexity index is 609. The molecule has 1 aliphatic rings. The first-order chi connectivity index (χ1) is 8.59. The molecule has 0 spiro atoms. The van der Waals surface area contributed by atoms with Crippen LogP contribution in [0.2, 0.25) is 0 Å². The molecule has 0 heterocycles. The molecule has 0 bridgehead atoms. The first-order valence-corrected chi connectivity index (χ1v) is 5.87. The average Bonchev–Trinajstić information content (AvgIpc) is 2.68. The fourth-order valence-corrected chi connectivity index (χ4v) is 2.67. The highest BCUT2D eigenvalue weighted by atomic mass is 19.1. The lowest BCUT2D eigenvalue weighted by molar-refractivity contribution is 0.0826. The fourth-order valence-electron chi connectivity index (χ4n) is 2.67. The van der Waals surface area contributed by atoms with E-state index in [0.29, 0.717) is 24.0 Å². The van der Waals surface area contributed by atoms with E-state index in [0.717, 1.165) is 5.56 Å². The highest BCUT2D eigenvalue weighted by Crippen LogP contribution is 2.42. The molecule has 3 heteroatoms. The number of hydrogen-bond donors (Lipinski definition) is 1. The molecule has 1 unspecified atom stereocenters. The van der Waals surface area contributed by atoms with Crippen molar-refractivity contribution < 1.29 is 13.9 Å². The summed E-state index contributed by atoms with van der Waals surface area (Å²) in [6.07, 6.45) is 1.05. The summed E-state index contributed by atoms with van der Waals surface area (Å²) >= 11 is 0. The third-order valence-corrected chi connectivity index (χ3v) is 3.57. The monoisotopic (exact) mass is 246 g/mol. The summed E-state index contributed by atoms with van der Waals surface area (Å²) in [5, 5.41) is 10.7. The number of halogens is 2. The maximum atomic E-state index is 13.3. The van der Waals surface area contributed by atoms with Crippen molar-refractivity contribution in [2.75, 3.05) is 0 Å². The van der Waals surface area contributed by atoms with Gasteiger partial charge < -0.3 is 5.11 Å². The van der Waals surface area contributed by atoms with E-state index in [4.69, 9.17) is 0 Å². The molecule has 2 aromatic rings. The lowest BCUT2D eigenvalue weighted by Gasteiger charge is -2.24. The van der Waals surface area contributed by atoms with Gasteiger partial charge in [-0.3, -0.25) is 0 Å². The molecule has 0 amide bonds. The number of fused-ring (bicyclic) bond motifs is 1. The Labute approximate surface area is 104 Å². The second-order valence-electron chi connectivity index (χ2n) is 4.67. The van der Waals surface area contributed by atoms with Crippen LogP contribution in [0.5, 0.6) is 0 Å². The van der Waals surface area contributed by atoms with Gasteiger partial charge in [0.2, 0.25) is 0 Å². The van der Waals surface area contributed by atoms with Crippen molar-refractivity contribution in [1.82, 2.24) is 0 Å². The summed E-state index contributed by atoms with van der Waals surface area (Å²) < 4.78 is 26.4. The van der Waals surface area contributed by atoms with E-state index in [9.17, 15) is 13.9 Å². The predicted octanol–water partition coefficient (Wildman–Crippen LogP) is 3.15. The van der Waals surface area contributed by atoms with Crippen LogP contribution >= 0.6 is 0 Å². The van der Waals surface area contributed by atoms with E-state index in [2.05, 4.69) is 0 Å². The van der Waals surface area contributed by atoms with Gasteiger partial charge in [-0.15, -0.1) is 0 Å². The molecule has 1 atom stereocenters. The Morgan fingerprint density at radius 3 is 2.56 bits per heavy atom. The summed E-state index contributed by atoms with van der Waals surface area (Å²) in [4.78, 5) is 0. The zero-order chi connectivity index (χ0) is 12.8. The number of benzene rings is 2. The molecule has 0 saturated heterocycles. The smallest absolute Gasteiger partial charge is 0.123 e. The Morgan fingerprint density at radius 1 is 1.00 bits per heavy atom. The molecule has 0 fully saturated rings. The van der Waals surface area contributed by atoms with Crippen molar-refractivity contribution in [3.05, 3.63) is 70.8 Å². The average molecular weight is 246 g/mol. The number of rotatable bonds is 1. The minimum Gasteiger partial charge on any atom is -0.380 e. The number of aliphatic hydroxyl groups is 1. The molecular formula is C15H12F2O. The summed E-state index contributed by atoms with van der Waals surface area (Å²) in [6.45, 7) is 0. The molecule has 0 radical (unpaired) electrons. The van der Waals surface area contributed by atoms with E-state index >= 15 is 0 Å². The molecule has 0 saturated carbocycles. The van der Waals surface area contributed by atoms with Gasteiger partial charge in [0.25, 0.3) is 0 Å². The first-order valence-electron chi connectivity index (χ1n) is 5.87. The van der Waals surface area contributed by atoms with Crippen LogP contribution in [0.15, 0.2) is 42.5 Å². The van der Waals surface area contributed by atoms with Gasteiger partial charge in [0.05, 0.1) is 0 Å². The third kappa shape index (κ3) is 1.63. The van der Waals surface area contributed by atoms with E-state index in [1.54, 1.807) is 18.2 Å². The molecular weight excluding hydrogens is 234 g/mol. The van der Waals surface area contributed by atoms with Crippen LogP contribution in [0.25, 0.3) is 0 Å². The molecule has 0 aliphatic heterocycles. The summed E-state index contributed by atoms with van der Waals surface area (Å²) in [5.41, 5.74) is 0.787. The second-order valence-corrected chi connectivity index (χ2v) is 4.67.